The van der Waals surface area contributed by atoms with Gasteiger partial charge in [0.25, 0.3) is 5.91 Å². The van der Waals surface area contributed by atoms with Crippen molar-refractivity contribution in [2.45, 2.75) is 75.0 Å². The number of thiazole rings is 1. The summed E-state index contributed by atoms with van der Waals surface area (Å²) in [5.74, 6) is -4.39. The maximum atomic E-state index is 13.6. The molecule has 5 rings (SSSR count). The third kappa shape index (κ3) is 7.85. The molecule has 7 N–H and O–H groups in total. The van der Waals surface area contributed by atoms with Gasteiger partial charge in [-0.3, -0.25) is 23.7 Å². The smallest absolute Gasteiger partial charge is 0.335 e. The van der Waals surface area contributed by atoms with Gasteiger partial charge in [-0.25, -0.2) is 14.8 Å². The summed E-state index contributed by atoms with van der Waals surface area (Å²) in [5.41, 5.74) is 0.632. The maximum Gasteiger partial charge on any atom is 0.335 e. The molecule has 0 bridgehead atoms. The number of anilines is 1. The van der Waals surface area contributed by atoms with Crippen molar-refractivity contribution in [2.24, 2.45) is 5.92 Å². The molecule has 19 heteroatoms. The zero-order valence-corrected chi connectivity index (χ0v) is 28.5. The van der Waals surface area contributed by atoms with E-state index in [0.29, 0.717) is 41.4 Å². The van der Waals surface area contributed by atoms with Crippen molar-refractivity contribution in [1.29, 1.82) is 0 Å². The molecule has 1 saturated heterocycles. The third-order valence-corrected chi connectivity index (χ3v) is 10.5. The Labute approximate surface area is 289 Å². The minimum atomic E-state index is -1.81. The van der Waals surface area contributed by atoms with Gasteiger partial charge in [0.1, 0.15) is 24.6 Å². The predicted octanol–water partition coefficient (Wildman–Crippen LogP) is -1.30. The minimum Gasteiger partial charge on any atom is -0.479 e. The molecule has 1 saturated carbocycles. The number of carbonyl (C=O) groups is 5. The Hall–Kier alpha value is -3.78. The molecular formula is C30H39ClN7O10S+. The fourth-order valence-corrected chi connectivity index (χ4v) is 7.82. The lowest BCUT2D eigenvalue weighted by Gasteiger charge is -2.49. The third-order valence-electron chi connectivity index (χ3n) is 9.23. The number of quaternary nitrogens is 1. The van der Waals surface area contributed by atoms with E-state index >= 15 is 0 Å². The van der Waals surface area contributed by atoms with E-state index in [1.165, 1.54) is 23.2 Å². The van der Waals surface area contributed by atoms with E-state index in [9.17, 15) is 44.4 Å². The van der Waals surface area contributed by atoms with Gasteiger partial charge in [0.05, 0.1) is 35.2 Å². The van der Waals surface area contributed by atoms with Crippen molar-refractivity contribution in [1.82, 2.24) is 25.5 Å². The Kier molecular flexibility index (Phi) is 10.9. The van der Waals surface area contributed by atoms with E-state index in [0.717, 1.165) is 11.3 Å². The van der Waals surface area contributed by atoms with Crippen LogP contribution in [0.1, 0.15) is 39.6 Å². The average Bonchev–Trinajstić information content (AvgIpc) is 3.48. The van der Waals surface area contributed by atoms with Crippen LogP contribution < -0.4 is 16.0 Å². The first-order chi connectivity index (χ1) is 23.1. The highest BCUT2D eigenvalue weighted by atomic mass is 35.5. The number of carbonyl (C=O) groups excluding carboxylic acids is 4. The molecule has 49 heavy (non-hydrogen) atoms. The molecule has 1 aliphatic carbocycles. The summed E-state index contributed by atoms with van der Waals surface area (Å²) in [7, 11) is 4.98. The number of likely N-dealkylation sites (N-methyl/N-ethyl adjacent to an activating group) is 1. The predicted molar refractivity (Wildman–Crippen MR) is 172 cm³/mol. The lowest BCUT2D eigenvalue weighted by Crippen LogP contribution is -2.69. The summed E-state index contributed by atoms with van der Waals surface area (Å²) in [5, 5.41) is 49.2. The summed E-state index contributed by atoms with van der Waals surface area (Å²) < 4.78 is 5.58. The van der Waals surface area contributed by atoms with Crippen molar-refractivity contribution < 1.29 is 53.6 Å². The number of hydrogen-bond acceptors (Lipinski definition) is 12. The highest BCUT2D eigenvalue weighted by Gasteiger charge is 2.55. The number of fused-ring (bicyclic) bond motifs is 1. The first kappa shape index (κ1) is 36.5. The van der Waals surface area contributed by atoms with E-state index in [1.54, 1.807) is 21.1 Å². The van der Waals surface area contributed by atoms with Gasteiger partial charge < -0.3 is 46.0 Å². The molecule has 0 spiro atoms. The molecule has 4 heterocycles. The average molecular weight is 725 g/mol. The number of nitrogens with zero attached hydrogens (tertiary/aromatic N) is 4. The molecule has 0 aromatic carbocycles. The van der Waals surface area contributed by atoms with Crippen LogP contribution in [0.15, 0.2) is 18.3 Å². The molecule has 3 aliphatic rings. The van der Waals surface area contributed by atoms with Gasteiger partial charge in [-0.1, -0.05) is 11.6 Å². The van der Waals surface area contributed by atoms with Gasteiger partial charge in [0, 0.05) is 38.7 Å². The van der Waals surface area contributed by atoms with E-state index in [2.05, 4.69) is 25.9 Å². The van der Waals surface area contributed by atoms with Crippen LogP contribution in [-0.4, -0.2) is 140 Å². The Morgan fingerprint density at radius 2 is 1.76 bits per heavy atom. The lowest BCUT2D eigenvalue weighted by molar-refractivity contribution is -0.974. The number of aliphatic hydroxyl groups excluding tert-OH is 3. The summed E-state index contributed by atoms with van der Waals surface area (Å²) in [6.45, 7) is 0.517. The standard InChI is InChI=1S/C30H38ClN7O10S/c1-37(2)28(45)13-4-6-15(33-24(42)25(43)36-19-7-5-14(31)11-32-19)17(10-13)34-26(44)27-35-16-8-9-38(3,12-18(16)49-27)29-22(41)20(39)21(40)23(48-29)30(46)47/h5,7,11,13,15,17,20-23,29,39-41H,4,6,8-10,12H2,1-3H3,(H3-,32,33,34,36,42,43,44,46,47)/p+1/t13-,15-,17+,20-,21-,22+,23-,29+,38?/m0/s1. The number of carboxylic acids is 1. The number of aliphatic carboxylic acids is 1. The Morgan fingerprint density at radius 1 is 1.02 bits per heavy atom. The molecule has 4 amide bonds. The van der Waals surface area contributed by atoms with Crippen molar-refractivity contribution in [3.05, 3.63) is 38.9 Å². The first-order valence-corrected chi connectivity index (χ1v) is 16.8. The first-order valence-electron chi connectivity index (χ1n) is 15.6. The van der Waals surface area contributed by atoms with Crippen LogP contribution in [0, 0.1) is 5.92 Å². The van der Waals surface area contributed by atoms with E-state index in [1.807, 2.05) is 0 Å². The van der Waals surface area contributed by atoms with Crippen LogP contribution >= 0.6 is 22.9 Å². The number of amides is 4. The largest absolute Gasteiger partial charge is 0.479 e. The van der Waals surface area contributed by atoms with Crippen molar-refractivity contribution in [3.8, 4) is 0 Å². The minimum absolute atomic E-state index is 0.0381. The molecule has 266 valence electrons. The number of halogens is 1. The van der Waals surface area contributed by atoms with Crippen LogP contribution in [0.5, 0.6) is 0 Å². The molecular weight excluding hydrogens is 686 g/mol. The molecule has 2 aliphatic heterocycles. The van der Waals surface area contributed by atoms with Crippen LogP contribution in [0.4, 0.5) is 5.82 Å². The van der Waals surface area contributed by atoms with Crippen molar-refractivity contribution in [2.75, 3.05) is 33.0 Å². The summed E-state index contributed by atoms with van der Waals surface area (Å²) in [4.78, 5) is 74.3. The number of rotatable bonds is 7. The SMILES string of the molecule is CN(C)C(=O)[C@H]1CC[C@H](NC(=O)C(=O)Nc2ccc(Cl)cn2)[C@H](NC(=O)c2nc3c(s2)C[N+](C)([C@@H]2O[C@H](C(=O)O)[C@@H](O)[C@H](O)[C@H]2O)CC3)C1. The summed E-state index contributed by atoms with van der Waals surface area (Å²) in [6.07, 6.45) is -5.48. The molecule has 2 aromatic heterocycles. The number of ether oxygens (including phenoxy) is 1. The molecule has 2 aromatic rings. The van der Waals surface area contributed by atoms with Crippen LogP contribution in [0.25, 0.3) is 0 Å². The number of carboxylic acid groups (broad SMARTS) is 1. The zero-order valence-electron chi connectivity index (χ0n) is 26.9. The van der Waals surface area contributed by atoms with Gasteiger partial charge in [-0.05, 0) is 31.4 Å². The number of hydrogen-bond donors (Lipinski definition) is 7. The van der Waals surface area contributed by atoms with Crippen LogP contribution in [-0.2, 0) is 36.9 Å². The lowest BCUT2D eigenvalue weighted by atomic mass is 9.81. The molecule has 0 radical (unpaired) electrons. The Morgan fingerprint density at radius 3 is 2.41 bits per heavy atom. The fourth-order valence-electron chi connectivity index (χ4n) is 6.55. The van der Waals surface area contributed by atoms with Gasteiger partial charge in [0.15, 0.2) is 17.2 Å². The van der Waals surface area contributed by atoms with Gasteiger partial charge in [0.2, 0.25) is 12.1 Å². The Balaban J connectivity index is 1.29. The Bertz CT molecular complexity index is 1610. The van der Waals surface area contributed by atoms with E-state index in [4.69, 9.17) is 16.3 Å². The normalized spacial score (nSPS) is 31.2. The number of aromatic nitrogens is 2. The van der Waals surface area contributed by atoms with Crippen molar-refractivity contribution in [3.63, 3.8) is 0 Å². The molecule has 9 atom stereocenters. The van der Waals surface area contributed by atoms with Crippen molar-refractivity contribution >= 4 is 58.4 Å². The van der Waals surface area contributed by atoms with Crippen LogP contribution in [0.3, 0.4) is 0 Å². The molecule has 17 nitrogen and oxygen atoms in total. The van der Waals surface area contributed by atoms with E-state index in [-0.39, 0.29) is 34.2 Å². The van der Waals surface area contributed by atoms with Gasteiger partial charge in [-0.15, -0.1) is 11.3 Å². The summed E-state index contributed by atoms with van der Waals surface area (Å²) >= 11 is 6.92. The highest BCUT2D eigenvalue weighted by molar-refractivity contribution is 7.13. The fraction of sp³-hybridized carbons (Fsp3) is 0.567. The number of nitrogens with one attached hydrogen (secondary N) is 3. The van der Waals surface area contributed by atoms with Gasteiger partial charge >= 0.3 is 17.8 Å². The second-order valence-electron chi connectivity index (χ2n) is 13.0. The van der Waals surface area contributed by atoms with E-state index < -0.39 is 72.3 Å². The maximum absolute atomic E-state index is 13.6. The zero-order chi connectivity index (χ0) is 35.8. The summed E-state index contributed by atoms with van der Waals surface area (Å²) in [6, 6.07) is 1.53. The molecule has 1 unspecified atom stereocenters. The second kappa shape index (κ2) is 14.6. The highest BCUT2D eigenvalue weighted by Crippen LogP contribution is 2.35. The number of pyridine rings is 1. The molecule has 2 fully saturated rings. The number of aliphatic hydroxyl groups is 3. The van der Waals surface area contributed by atoms with Crippen LogP contribution in [0.2, 0.25) is 5.02 Å². The monoisotopic (exact) mass is 724 g/mol. The topological polar surface area (TPSA) is 241 Å². The quantitative estimate of drug-likeness (QED) is 0.130. The van der Waals surface area contributed by atoms with Gasteiger partial charge in [-0.2, -0.15) is 0 Å². The second-order valence-corrected chi connectivity index (χ2v) is 14.5.